The van der Waals surface area contributed by atoms with E-state index in [0.29, 0.717) is 44.2 Å². The van der Waals surface area contributed by atoms with E-state index in [1.807, 2.05) is 13.0 Å². The minimum absolute atomic E-state index is 0.0246. The number of benzene rings is 1. The second-order valence-electron chi connectivity index (χ2n) is 11.2. The van der Waals surface area contributed by atoms with Crippen LogP contribution in [0.5, 0.6) is 5.75 Å². The van der Waals surface area contributed by atoms with Crippen molar-refractivity contribution >= 4 is 28.4 Å². The molecule has 1 aromatic heterocycles. The van der Waals surface area contributed by atoms with Gasteiger partial charge in [-0.25, -0.2) is 0 Å². The number of amides is 1. The van der Waals surface area contributed by atoms with Gasteiger partial charge in [-0.05, 0) is 49.3 Å². The van der Waals surface area contributed by atoms with Crippen molar-refractivity contribution in [2.24, 2.45) is 5.92 Å². The summed E-state index contributed by atoms with van der Waals surface area (Å²) in [5, 5.41) is 5.37. The van der Waals surface area contributed by atoms with Crippen LogP contribution in [-0.2, 0) is 27.3 Å². The predicted octanol–water partition coefficient (Wildman–Crippen LogP) is 5.14. The summed E-state index contributed by atoms with van der Waals surface area (Å²) >= 11 is 0. The molecule has 0 saturated carbocycles. The van der Waals surface area contributed by atoms with Crippen LogP contribution in [0.3, 0.4) is 0 Å². The number of nitrogens with zero attached hydrogens (tertiary/aromatic N) is 3. The molecule has 4 rings (SSSR count). The first kappa shape index (κ1) is 28.3. The summed E-state index contributed by atoms with van der Waals surface area (Å²) in [4.78, 5) is 40.9. The molecule has 8 nitrogen and oxygen atoms in total. The van der Waals surface area contributed by atoms with E-state index in [4.69, 9.17) is 9.47 Å². The molecule has 2 atom stereocenters. The molecular formula is C30H43N3O5. The number of aryl methyl sites for hydroxylation is 1. The third-order valence-corrected chi connectivity index (χ3v) is 7.61. The Bertz CT molecular complexity index is 1150. The minimum Gasteiger partial charge on any atom is -0.493 e. The van der Waals surface area contributed by atoms with Gasteiger partial charge in [0.1, 0.15) is 24.0 Å². The lowest BCUT2D eigenvalue weighted by atomic mass is 10.0. The number of rotatable bonds is 6. The molecule has 38 heavy (non-hydrogen) atoms. The lowest BCUT2D eigenvalue weighted by Gasteiger charge is -2.27. The highest BCUT2D eigenvalue weighted by molar-refractivity contribution is 6.06. The van der Waals surface area contributed by atoms with Crippen molar-refractivity contribution in [1.29, 1.82) is 0 Å². The van der Waals surface area contributed by atoms with Crippen LogP contribution in [0.1, 0.15) is 95.1 Å². The second-order valence-corrected chi connectivity index (χ2v) is 11.2. The topological polar surface area (TPSA) is 90.7 Å². The number of fused-ring (bicyclic) bond motifs is 2. The molecule has 1 saturated heterocycles. The predicted molar refractivity (Wildman–Crippen MR) is 147 cm³/mol. The van der Waals surface area contributed by atoms with Gasteiger partial charge in [-0.1, -0.05) is 46.5 Å². The van der Waals surface area contributed by atoms with Crippen molar-refractivity contribution in [3.8, 4) is 5.75 Å². The van der Waals surface area contributed by atoms with Crippen LogP contribution in [0.25, 0.3) is 10.9 Å². The molecule has 3 heterocycles. The molecule has 1 fully saturated rings. The first-order chi connectivity index (χ1) is 18.3. The van der Waals surface area contributed by atoms with E-state index in [1.165, 1.54) is 6.92 Å². The molecule has 1 amide bonds. The Balaban J connectivity index is 1.75. The molecule has 0 spiro atoms. The molecule has 2 aliphatic heterocycles. The van der Waals surface area contributed by atoms with Gasteiger partial charge in [0.25, 0.3) is 0 Å². The average molecular weight is 526 g/mol. The van der Waals surface area contributed by atoms with E-state index >= 15 is 0 Å². The molecule has 208 valence electrons. The van der Waals surface area contributed by atoms with Crippen LogP contribution in [0.15, 0.2) is 12.1 Å². The van der Waals surface area contributed by atoms with Crippen molar-refractivity contribution in [2.75, 3.05) is 19.8 Å². The van der Waals surface area contributed by atoms with Crippen molar-refractivity contribution in [1.82, 2.24) is 14.7 Å². The van der Waals surface area contributed by atoms with Crippen LogP contribution >= 0.6 is 0 Å². The molecule has 2 bridgehead atoms. The van der Waals surface area contributed by atoms with Crippen molar-refractivity contribution in [3.63, 3.8) is 0 Å². The van der Waals surface area contributed by atoms with Crippen LogP contribution in [0.4, 0.5) is 0 Å². The largest absolute Gasteiger partial charge is 0.493 e. The highest BCUT2D eigenvalue weighted by Crippen LogP contribution is 2.31. The van der Waals surface area contributed by atoms with Gasteiger partial charge in [-0.2, -0.15) is 5.10 Å². The van der Waals surface area contributed by atoms with Gasteiger partial charge in [-0.15, -0.1) is 0 Å². The molecule has 0 unspecified atom stereocenters. The molecule has 1 aromatic carbocycles. The maximum Gasteiger partial charge on any atom is 0.245 e. The number of ketones is 2. The lowest BCUT2D eigenvalue weighted by molar-refractivity contribution is -0.141. The van der Waals surface area contributed by atoms with Gasteiger partial charge in [0.2, 0.25) is 5.91 Å². The Morgan fingerprint density at radius 3 is 2.58 bits per heavy atom. The van der Waals surface area contributed by atoms with Crippen molar-refractivity contribution < 1.29 is 23.9 Å². The molecule has 2 aliphatic rings. The smallest absolute Gasteiger partial charge is 0.245 e. The molecule has 0 aliphatic carbocycles. The Kier molecular flexibility index (Phi) is 9.58. The number of ether oxygens (including phenoxy) is 2. The number of carbonyl (C=O) groups is 3. The Hall–Kier alpha value is -2.74. The van der Waals surface area contributed by atoms with E-state index in [-0.39, 0.29) is 30.1 Å². The first-order valence-corrected chi connectivity index (χ1v) is 14.4. The summed E-state index contributed by atoms with van der Waals surface area (Å²) in [7, 11) is 0. The van der Waals surface area contributed by atoms with Crippen LogP contribution in [-0.4, -0.2) is 64.1 Å². The maximum atomic E-state index is 13.7. The van der Waals surface area contributed by atoms with Gasteiger partial charge in [0.15, 0.2) is 11.6 Å². The fraction of sp³-hybridized carbons (Fsp3) is 0.667. The summed E-state index contributed by atoms with van der Waals surface area (Å²) in [6, 6.07) is 3.37. The maximum absolute atomic E-state index is 13.7. The second kappa shape index (κ2) is 12.9. The fourth-order valence-electron chi connectivity index (χ4n) is 5.67. The summed E-state index contributed by atoms with van der Waals surface area (Å²) in [6.45, 7) is 9.21. The van der Waals surface area contributed by atoms with Gasteiger partial charge in [0, 0.05) is 31.9 Å². The van der Waals surface area contributed by atoms with Crippen LogP contribution in [0.2, 0.25) is 0 Å². The number of carbonyl (C=O) groups excluding carboxylic acids is 3. The number of Topliss-reactive ketones (excluding diaryl/α,β-unsaturated/α-hetero) is 2. The summed E-state index contributed by atoms with van der Waals surface area (Å²) < 4.78 is 13.9. The third-order valence-electron chi connectivity index (χ3n) is 7.61. The van der Waals surface area contributed by atoms with E-state index in [9.17, 15) is 14.4 Å². The molecule has 0 radical (unpaired) electrons. The van der Waals surface area contributed by atoms with Gasteiger partial charge >= 0.3 is 0 Å². The Morgan fingerprint density at radius 1 is 1.13 bits per heavy atom. The van der Waals surface area contributed by atoms with Crippen molar-refractivity contribution in [3.05, 3.63) is 23.4 Å². The highest BCUT2D eigenvalue weighted by atomic mass is 16.5. The quantitative estimate of drug-likeness (QED) is 0.486. The zero-order valence-electron chi connectivity index (χ0n) is 23.5. The van der Waals surface area contributed by atoms with Crippen LogP contribution < -0.4 is 4.74 Å². The molecule has 8 heteroatoms. The van der Waals surface area contributed by atoms with E-state index in [2.05, 4.69) is 25.0 Å². The number of hydrogen-bond donors (Lipinski definition) is 0. The van der Waals surface area contributed by atoms with Gasteiger partial charge in [0.05, 0.1) is 18.2 Å². The third kappa shape index (κ3) is 6.45. The summed E-state index contributed by atoms with van der Waals surface area (Å²) in [6.07, 6.45) is 8.05. The highest BCUT2D eigenvalue weighted by Gasteiger charge is 2.41. The monoisotopic (exact) mass is 525 g/mol. The first-order valence-electron chi connectivity index (χ1n) is 14.4. The number of aromatic nitrogens is 2. The van der Waals surface area contributed by atoms with E-state index in [1.54, 1.807) is 9.58 Å². The summed E-state index contributed by atoms with van der Waals surface area (Å²) in [5.41, 5.74) is 2.21. The lowest BCUT2D eigenvalue weighted by Crippen LogP contribution is -2.47. The zero-order valence-corrected chi connectivity index (χ0v) is 23.5. The van der Waals surface area contributed by atoms with Gasteiger partial charge < -0.3 is 14.4 Å². The zero-order chi connectivity index (χ0) is 27.2. The minimum atomic E-state index is -0.562. The number of hydrogen-bond acceptors (Lipinski definition) is 6. The summed E-state index contributed by atoms with van der Waals surface area (Å²) in [5.74, 6) is 0.813. The molecular weight excluding hydrogens is 482 g/mol. The standard InChI is InChI=1S/C30H43N3O5/c1-5-25(35)30-26-13-14-32(30)27(36)18-33-29-22(12-10-8-6-7-9-11-15-37-26)16-23(38-19-20(2)3)17-24(29)28(31-33)21(4)34/h16-17,20,26,30H,5-15,18-19H2,1-4H3/t26-,30-/m1/s1. The molecule has 0 N–H and O–H groups in total. The Labute approximate surface area is 226 Å². The fourth-order valence-corrected chi connectivity index (χ4v) is 5.67. The SMILES string of the molecule is CCC(=O)[C@@H]1[C@H]2CCN1C(=O)Cn1nc(C(C)=O)c3cc(OCC(C)C)cc(c31)CCCCCCCCO2. The van der Waals surface area contributed by atoms with Crippen LogP contribution in [0, 0.1) is 5.92 Å². The van der Waals surface area contributed by atoms with Crippen molar-refractivity contribution in [2.45, 2.75) is 104 Å². The average Bonchev–Trinajstić information content (AvgIpc) is 3.47. The van der Waals surface area contributed by atoms with Gasteiger partial charge in [-0.3, -0.25) is 19.1 Å². The van der Waals surface area contributed by atoms with E-state index in [0.717, 1.165) is 67.2 Å². The molecule has 2 aromatic rings. The Morgan fingerprint density at radius 2 is 1.87 bits per heavy atom. The normalized spacial score (nSPS) is 21.6. The van der Waals surface area contributed by atoms with E-state index < -0.39 is 6.04 Å².